The van der Waals surface area contributed by atoms with Crippen molar-refractivity contribution in [2.24, 2.45) is 0 Å². The van der Waals surface area contributed by atoms with Crippen LogP contribution in [0.15, 0.2) is 0 Å². The molecule has 60 valence electrons. The molecule has 1 N–H and O–H groups in total. The van der Waals surface area contributed by atoms with E-state index in [-0.39, 0.29) is 0 Å². The van der Waals surface area contributed by atoms with E-state index in [0.717, 1.165) is 12.8 Å². The second-order valence-electron chi connectivity index (χ2n) is 3.45. The van der Waals surface area contributed by atoms with E-state index < -0.39 is 0 Å². The van der Waals surface area contributed by atoms with Gasteiger partial charge >= 0.3 is 0 Å². The number of hydrogen-bond donors (Lipinski definition) is 1. The SMILES string of the molecule is CN(C)C1(CCCO)CC1. The van der Waals surface area contributed by atoms with E-state index in [1.807, 2.05) is 0 Å². The van der Waals surface area contributed by atoms with E-state index in [4.69, 9.17) is 5.11 Å². The quantitative estimate of drug-likeness (QED) is 0.630. The van der Waals surface area contributed by atoms with Crippen molar-refractivity contribution < 1.29 is 5.11 Å². The summed E-state index contributed by atoms with van der Waals surface area (Å²) >= 11 is 0. The van der Waals surface area contributed by atoms with E-state index in [9.17, 15) is 0 Å². The molecule has 0 radical (unpaired) electrons. The molecule has 1 fully saturated rings. The lowest BCUT2D eigenvalue weighted by Crippen LogP contribution is -2.29. The molecule has 0 amide bonds. The van der Waals surface area contributed by atoms with Gasteiger partial charge < -0.3 is 10.0 Å². The number of hydrogen-bond acceptors (Lipinski definition) is 2. The third-order valence-corrected chi connectivity index (χ3v) is 2.58. The summed E-state index contributed by atoms with van der Waals surface area (Å²) in [6.45, 7) is 0.343. The Hall–Kier alpha value is -0.0800. The van der Waals surface area contributed by atoms with Crippen LogP contribution in [0.5, 0.6) is 0 Å². The Bertz CT molecular complexity index is 108. The molecule has 0 bridgehead atoms. The average Bonchev–Trinajstić information content (AvgIpc) is 2.64. The van der Waals surface area contributed by atoms with Crippen molar-refractivity contribution in [2.75, 3.05) is 20.7 Å². The zero-order chi connectivity index (χ0) is 7.61. The predicted molar refractivity (Wildman–Crippen MR) is 42.0 cm³/mol. The van der Waals surface area contributed by atoms with Gasteiger partial charge in [-0.2, -0.15) is 0 Å². The fourth-order valence-corrected chi connectivity index (χ4v) is 1.47. The molecule has 1 saturated carbocycles. The summed E-state index contributed by atoms with van der Waals surface area (Å²) in [4.78, 5) is 2.29. The summed E-state index contributed by atoms with van der Waals surface area (Å²) in [5.74, 6) is 0. The maximum atomic E-state index is 8.62. The van der Waals surface area contributed by atoms with Gasteiger partial charge in [-0.05, 0) is 39.8 Å². The van der Waals surface area contributed by atoms with Gasteiger partial charge in [0.1, 0.15) is 0 Å². The van der Waals surface area contributed by atoms with Gasteiger partial charge in [0.2, 0.25) is 0 Å². The van der Waals surface area contributed by atoms with Gasteiger partial charge in [-0.3, -0.25) is 0 Å². The maximum Gasteiger partial charge on any atom is 0.0431 e. The van der Waals surface area contributed by atoms with Crippen LogP contribution >= 0.6 is 0 Å². The predicted octanol–water partition coefficient (Wildman–Crippen LogP) is 0.853. The van der Waals surface area contributed by atoms with E-state index in [0.29, 0.717) is 12.1 Å². The normalized spacial score (nSPS) is 21.6. The van der Waals surface area contributed by atoms with Crippen molar-refractivity contribution in [1.29, 1.82) is 0 Å². The van der Waals surface area contributed by atoms with Crippen molar-refractivity contribution >= 4 is 0 Å². The smallest absolute Gasteiger partial charge is 0.0431 e. The molecule has 2 heteroatoms. The Balaban J connectivity index is 2.24. The monoisotopic (exact) mass is 143 g/mol. The second-order valence-corrected chi connectivity index (χ2v) is 3.45. The fourth-order valence-electron chi connectivity index (χ4n) is 1.47. The highest BCUT2D eigenvalue weighted by Crippen LogP contribution is 2.43. The van der Waals surface area contributed by atoms with Crippen LogP contribution in [-0.4, -0.2) is 36.2 Å². The number of aliphatic hydroxyl groups excluding tert-OH is 1. The molecular formula is C8H17NO. The minimum atomic E-state index is 0.343. The Morgan fingerprint density at radius 3 is 2.30 bits per heavy atom. The highest BCUT2D eigenvalue weighted by atomic mass is 16.2. The van der Waals surface area contributed by atoms with Crippen LogP contribution in [0.25, 0.3) is 0 Å². The van der Waals surface area contributed by atoms with Crippen LogP contribution in [0.4, 0.5) is 0 Å². The Morgan fingerprint density at radius 2 is 2.00 bits per heavy atom. The Labute approximate surface area is 62.8 Å². The molecular weight excluding hydrogens is 126 g/mol. The summed E-state index contributed by atoms with van der Waals surface area (Å²) in [6, 6.07) is 0. The van der Waals surface area contributed by atoms with Crippen LogP contribution in [0.1, 0.15) is 25.7 Å². The van der Waals surface area contributed by atoms with E-state index >= 15 is 0 Å². The second kappa shape index (κ2) is 2.89. The highest BCUT2D eigenvalue weighted by Gasteiger charge is 2.43. The zero-order valence-electron chi connectivity index (χ0n) is 6.93. The largest absolute Gasteiger partial charge is 0.396 e. The van der Waals surface area contributed by atoms with Crippen LogP contribution < -0.4 is 0 Å². The van der Waals surface area contributed by atoms with Crippen molar-refractivity contribution in [3.8, 4) is 0 Å². The molecule has 0 atom stereocenters. The Morgan fingerprint density at radius 1 is 1.40 bits per heavy atom. The number of nitrogens with zero attached hydrogens (tertiary/aromatic N) is 1. The maximum absolute atomic E-state index is 8.62. The van der Waals surface area contributed by atoms with Crippen molar-refractivity contribution in [1.82, 2.24) is 4.90 Å². The molecule has 0 heterocycles. The molecule has 2 nitrogen and oxygen atoms in total. The van der Waals surface area contributed by atoms with Crippen LogP contribution in [0.2, 0.25) is 0 Å². The van der Waals surface area contributed by atoms with Gasteiger partial charge in [0, 0.05) is 12.1 Å². The van der Waals surface area contributed by atoms with E-state index in [2.05, 4.69) is 19.0 Å². The third kappa shape index (κ3) is 1.50. The van der Waals surface area contributed by atoms with Gasteiger partial charge in [0.25, 0.3) is 0 Å². The molecule has 0 spiro atoms. The number of aliphatic hydroxyl groups is 1. The first-order valence-electron chi connectivity index (χ1n) is 3.99. The van der Waals surface area contributed by atoms with Crippen molar-refractivity contribution in [3.63, 3.8) is 0 Å². The van der Waals surface area contributed by atoms with Gasteiger partial charge in [-0.1, -0.05) is 0 Å². The van der Waals surface area contributed by atoms with Crippen LogP contribution in [-0.2, 0) is 0 Å². The van der Waals surface area contributed by atoms with Crippen LogP contribution in [0.3, 0.4) is 0 Å². The Kier molecular flexibility index (Phi) is 2.32. The van der Waals surface area contributed by atoms with Crippen LogP contribution in [0, 0.1) is 0 Å². The lowest BCUT2D eigenvalue weighted by molar-refractivity contribution is 0.218. The lowest BCUT2D eigenvalue weighted by atomic mass is 10.1. The summed E-state index contributed by atoms with van der Waals surface area (Å²) < 4.78 is 0. The van der Waals surface area contributed by atoms with Crippen molar-refractivity contribution in [3.05, 3.63) is 0 Å². The molecule has 1 rings (SSSR count). The molecule has 10 heavy (non-hydrogen) atoms. The first-order chi connectivity index (χ1) is 4.71. The first-order valence-corrected chi connectivity index (χ1v) is 3.99. The fraction of sp³-hybridized carbons (Fsp3) is 1.00. The molecule has 0 aromatic rings. The molecule has 0 aromatic heterocycles. The van der Waals surface area contributed by atoms with Gasteiger partial charge in [-0.15, -0.1) is 0 Å². The summed E-state index contributed by atoms with van der Waals surface area (Å²) in [6.07, 6.45) is 4.76. The molecule has 0 aromatic carbocycles. The zero-order valence-corrected chi connectivity index (χ0v) is 6.93. The highest BCUT2D eigenvalue weighted by molar-refractivity contribution is 5.01. The standard InChI is InChI=1S/C8H17NO/c1-9(2)8(5-6-8)4-3-7-10/h10H,3-7H2,1-2H3. The van der Waals surface area contributed by atoms with Gasteiger partial charge in [0.05, 0.1) is 0 Å². The van der Waals surface area contributed by atoms with Crippen molar-refractivity contribution in [2.45, 2.75) is 31.2 Å². The molecule has 0 aliphatic heterocycles. The third-order valence-electron chi connectivity index (χ3n) is 2.58. The minimum absolute atomic E-state index is 0.343. The molecule has 0 unspecified atom stereocenters. The van der Waals surface area contributed by atoms with E-state index in [1.54, 1.807) is 0 Å². The van der Waals surface area contributed by atoms with E-state index in [1.165, 1.54) is 12.8 Å². The summed E-state index contributed by atoms with van der Waals surface area (Å²) in [7, 11) is 4.26. The van der Waals surface area contributed by atoms with Gasteiger partial charge in [-0.25, -0.2) is 0 Å². The first kappa shape index (κ1) is 8.02. The van der Waals surface area contributed by atoms with Gasteiger partial charge in [0.15, 0.2) is 0 Å². The topological polar surface area (TPSA) is 23.5 Å². The number of rotatable bonds is 4. The summed E-state index contributed by atoms with van der Waals surface area (Å²) in [5.41, 5.74) is 0.475. The lowest BCUT2D eigenvalue weighted by Gasteiger charge is -2.22. The molecule has 0 saturated heterocycles. The minimum Gasteiger partial charge on any atom is -0.396 e. The average molecular weight is 143 g/mol. The summed E-state index contributed by atoms with van der Waals surface area (Å²) in [5, 5.41) is 8.62. The molecule has 1 aliphatic carbocycles. The molecule has 1 aliphatic rings.